The average Bonchev–Trinajstić information content (AvgIpc) is 2.87. The van der Waals surface area contributed by atoms with Crippen LogP contribution in [0, 0.1) is 0 Å². The molecule has 4 rings (SSSR count). The molecule has 0 atom stereocenters. The van der Waals surface area contributed by atoms with Gasteiger partial charge in [-0.3, -0.25) is 9.63 Å². The van der Waals surface area contributed by atoms with Crippen molar-refractivity contribution in [2.45, 2.75) is 65.0 Å². The molecule has 1 aliphatic heterocycles. The Kier molecular flexibility index (Phi) is 3.66. The van der Waals surface area contributed by atoms with Crippen molar-refractivity contribution in [2.75, 3.05) is 0 Å². The molecule has 4 heteroatoms. The molecule has 2 aliphatic rings. The lowest BCUT2D eigenvalue weighted by atomic mass is 9.83. The Morgan fingerprint density at radius 3 is 2.26 bits per heavy atom. The SMILES string of the molecule is CC(C)(C)c1ccc2c(c1)C(=O)c1c(ON3OC(C)(C)C3(C)C)cccc1-2. The van der Waals surface area contributed by atoms with Gasteiger partial charge in [-0.1, -0.05) is 45.0 Å². The largest absolute Gasteiger partial charge is 0.379 e. The summed E-state index contributed by atoms with van der Waals surface area (Å²) < 4.78 is 0. The molecule has 1 heterocycles. The minimum atomic E-state index is -0.320. The Morgan fingerprint density at radius 1 is 0.963 bits per heavy atom. The topological polar surface area (TPSA) is 38.8 Å². The molecular weight excluding hydrogens is 338 g/mol. The molecule has 1 fully saturated rings. The predicted molar refractivity (Wildman–Crippen MR) is 106 cm³/mol. The zero-order valence-electron chi connectivity index (χ0n) is 17.1. The Labute approximate surface area is 161 Å². The lowest BCUT2D eigenvalue weighted by molar-refractivity contribution is -0.514. The Hall–Kier alpha value is -2.17. The van der Waals surface area contributed by atoms with E-state index in [1.807, 2.05) is 38.1 Å². The van der Waals surface area contributed by atoms with Gasteiger partial charge in [0.2, 0.25) is 0 Å². The maximum Gasteiger partial charge on any atom is 0.198 e. The third kappa shape index (κ3) is 2.54. The minimum Gasteiger partial charge on any atom is -0.379 e. The molecule has 0 aromatic heterocycles. The van der Waals surface area contributed by atoms with Crippen LogP contribution in [-0.4, -0.2) is 22.1 Å². The van der Waals surface area contributed by atoms with Crippen molar-refractivity contribution in [3.63, 3.8) is 0 Å². The fourth-order valence-electron chi connectivity index (χ4n) is 3.47. The molecule has 142 valence electrons. The maximum atomic E-state index is 13.2. The van der Waals surface area contributed by atoms with Gasteiger partial charge in [0.05, 0.1) is 5.56 Å². The van der Waals surface area contributed by atoms with E-state index in [-0.39, 0.29) is 22.3 Å². The van der Waals surface area contributed by atoms with E-state index in [0.29, 0.717) is 11.3 Å². The van der Waals surface area contributed by atoms with Crippen LogP contribution in [0.2, 0.25) is 0 Å². The van der Waals surface area contributed by atoms with E-state index >= 15 is 0 Å². The normalized spacial score (nSPS) is 20.0. The van der Waals surface area contributed by atoms with Crippen molar-refractivity contribution in [3.8, 4) is 16.9 Å². The molecule has 2 aromatic rings. The quantitative estimate of drug-likeness (QED) is 0.618. The van der Waals surface area contributed by atoms with Crippen molar-refractivity contribution in [3.05, 3.63) is 53.1 Å². The number of benzene rings is 2. The van der Waals surface area contributed by atoms with E-state index in [4.69, 9.17) is 9.68 Å². The highest BCUT2D eigenvalue weighted by Gasteiger charge is 2.58. The first-order chi connectivity index (χ1) is 12.4. The number of hydroxylamine groups is 2. The second kappa shape index (κ2) is 5.43. The summed E-state index contributed by atoms with van der Waals surface area (Å²) in [6.07, 6.45) is 0. The number of carbonyl (C=O) groups excluding carboxylic acids is 1. The molecule has 0 bridgehead atoms. The van der Waals surface area contributed by atoms with Gasteiger partial charge in [-0.2, -0.15) is 0 Å². The number of rotatable bonds is 2. The van der Waals surface area contributed by atoms with Gasteiger partial charge in [-0.25, -0.2) is 0 Å². The molecule has 0 N–H and O–H groups in total. The monoisotopic (exact) mass is 365 g/mol. The van der Waals surface area contributed by atoms with Crippen LogP contribution in [0.25, 0.3) is 11.1 Å². The third-order valence-corrected chi connectivity index (χ3v) is 6.10. The standard InChI is InChI=1S/C23H27NO3/c1-21(2,3)14-11-12-15-16-9-8-10-18(19(16)20(25)17(15)13-14)26-24-22(4,5)23(6,7)27-24/h8-13H,1-7H3. The van der Waals surface area contributed by atoms with E-state index in [0.717, 1.165) is 22.3 Å². The number of ketones is 1. The molecule has 0 amide bonds. The maximum absolute atomic E-state index is 13.2. The number of carbonyl (C=O) groups is 1. The van der Waals surface area contributed by atoms with Gasteiger partial charge in [0, 0.05) is 5.56 Å². The molecule has 4 nitrogen and oxygen atoms in total. The van der Waals surface area contributed by atoms with Gasteiger partial charge in [0.25, 0.3) is 0 Å². The van der Waals surface area contributed by atoms with Gasteiger partial charge in [0.15, 0.2) is 11.5 Å². The van der Waals surface area contributed by atoms with E-state index in [1.165, 1.54) is 5.23 Å². The van der Waals surface area contributed by atoms with Crippen molar-refractivity contribution in [2.24, 2.45) is 0 Å². The van der Waals surface area contributed by atoms with E-state index in [2.05, 4.69) is 46.8 Å². The highest BCUT2D eigenvalue weighted by atomic mass is 17.0. The Bertz CT molecular complexity index is 951. The first-order valence-electron chi connectivity index (χ1n) is 9.43. The fraction of sp³-hybridized carbons (Fsp3) is 0.435. The summed E-state index contributed by atoms with van der Waals surface area (Å²) >= 11 is 0. The first kappa shape index (κ1) is 18.2. The van der Waals surface area contributed by atoms with Crippen LogP contribution in [-0.2, 0) is 10.3 Å². The molecular formula is C23H27NO3. The van der Waals surface area contributed by atoms with Crippen LogP contribution in [0.15, 0.2) is 36.4 Å². The summed E-state index contributed by atoms with van der Waals surface area (Å²) in [5.41, 5.74) is 3.77. The summed E-state index contributed by atoms with van der Waals surface area (Å²) in [6, 6.07) is 11.9. The van der Waals surface area contributed by atoms with Crippen molar-refractivity contribution in [1.82, 2.24) is 5.23 Å². The Balaban J connectivity index is 1.73. The summed E-state index contributed by atoms with van der Waals surface area (Å²) in [4.78, 5) is 25.0. The third-order valence-electron chi connectivity index (χ3n) is 6.10. The van der Waals surface area contributed by atoms with E-state index < -0.39 is 0 Å². The number of hydrogen-bond acceptors (Lipinski definition) is 4. The predicted octanol–water partition coefficient (Wildman–Crippen LogP) is 5.29. The lowest BCUT2D eigenvalue weighted by Crippen LogP contribution is -2.72. The van der Waals surface area contributed by atoms with Gasteiger partial charge in [-0.05, 0) is 67.2 Å². The van der Waals surface area contributed by atoms with Crippen LogP contribution >= 0.6 is 0 Å². The molecule has 1 aliphatic carbocycles. The van der Waals surface area contributed by atoms with Gasteiger partial charge >= 0.3 is 0 Å². The summed E-state index contributed by atoms with van der Waals surface area (Å²) in [5, 5.41) is 1.50. The molecule has 0 unspecified atom stereocenters. The summed E-state index contributed by atoms with van der Waals surface area (Å²) in [7, 11) is 0. The minimum absolute atomic E-state index is 0.00943. The molecule has 2 aromatic carbocycles. The molecule has 27 heavy (non-hydrogen) atoms. The van der Waals surface area contributed by atoms with Crippen molar-refractivity contribution >= 4 is 5.78 Å². The van der Waals surface area contributed by atoms with Gasteiger partial charge < -0.3 is 4.84 Å². The van der Waals surface area contributed by atoms with E-state index in [1.54, 1.807) is 0 Å². The van der Waals surface area contributed by atoms with Gasteiger partial charge in [-0.15, -0.1) is 0 Å². The molecule has 0 radical (unpaired) electrons. The number of nitrogens with zero attached hydrogens (tertiary/aromatic N) is 1. The molecule has 0 saturated carbocycles. The smallest absolute Gasteiger partial charge is 0.198 e. The highest BCUT2D eigenvalue weighted by molar-refractivity contribution is 6.23. The van der Waals surface area contributed by atoms with Crippen LogP contribution < -0.4 is 4.84 Å². The lowest BCUT2D eigenvalue weighted by Gasteiger charge is -2.56. The van der Waals surface area contributed by atoms with Crippen LogP contribution in [0.1, 0.15) is 70.0 Å². The average molecular weight is 365 g/mol. The fourth-order valence-corrected chi connectivity index (χ4v) is 3.47. The number of hydrogen-bond donors (Lipinski definition) is 0. The zero-order valence-corrected chi connectivity index (χ0v) is 17.1. The van der Waals surface area contributed by atoms with Crippen LogP contribution in [0.4, 0.5) is 0 Å². The van der Waals surface area contributed by atoms with Gasteiger partial charge in [0.1, 0.15) is 11.1 Å². The molecule has 1 saturated heterocycles. The second-order valence-electron chi connectivity index (χ2n) is 9.53. The zero-order chi connectivity index (χ0) is 19.8. The van der Waals surface area contributed by atoms with Crippen LogP contribution in [0.3, 0.4) is 0 Å². The van der Waals surface area contributed by atoms with E-state index in [9.17, 15) is 4.79 Å². The highest BCUT2D eigenvalue weighted by Crippen LogP contribution is 2.46. The second-order valence-corrected chi connectivity index (χ2v) is 9.53. The Morgan fingerprint density at radius 2 is 1.67 bits per heavy atom. The number of fused-ring (bicyclic) bond motifs is 3. The van der Waals surface area contributed by atoms with Crippen LogP contribution in [0.5, 0.6) is 5.75 Å². The first-order valence-corrected chi connectivity index (χ1v) is 9.43. The van der Waals surface area contributed by atoms with Crippen molar-refractivity contribution < 1.29 is 14.5 Å². The summed E-state index contributed by atoms with van der Waals surface area (Å²) in [6.45, 7) is 14.6. The molecule has 0 spiro atoms. The van der Waals surface area contributed by atoms with Crippen molar-refractivity contribution in [1.29, 1.82) is 0 Å². The summed E-state index contributed by atoms with van der Waals surface area (Å²) in [5.74, 6) is 0.550.